The van der Waals surface area contributed by atoms with Crippen LogP contribution in [-0.4, -0.2) is 41.4 Å². The normalized spacial score (nSPS) is 18.6. The second-order valence-electron chi connectivity index (χ2n) is 6.53. The third-order valence-corrected chi connectivity index (χ3v) is 4.64. The zero-order valence-corrected chi connectivity index (χ0v) is 14.2. The standard InChI is InChI=1S/C20H23FN2O/c1-15-8-9-18(12-19(15)21)20(24)23-11-10-22(13-16(23)2)14-17-6-4-3-5-7-17/h3-9,12,16H,10-11,13-14H2,1-2H3. The van der Waals surface area contributed by atoms with E-state index >= 15 is 0 Å². The molecule has 2 aromatic rings. The van der Waals surface area contributed by atoms with Crippen LogP contribution in [0.5, 0.6) is 0 Å². The molecule has 0 spiro atoms. The van der Waals surface area contributed by atoms with Gasteiger partial charge in [-0.15, -0.1) is 0 Å². The Balaban J connectivity index is 1.64. The van der Waals surface area contributed by atoms with Crippen molar-refractivity contribution in [2.75, 3.05) is 19.6 Å². The lowest BCUT2D eigenvalue weighted by molar-refractivity contribution is 0.0475. The Bertz CT molecular complexity index is 717. The molecule has 1 aliphatic heterocycles. The molecule has 0 aliphatic carbocycles. The zero-order chi connectivity index (χ0) is 17.1. The maximum absolute atomic E-state index is 13.7. The van der Waals surface area contributed by atoms with Crippen molar-refractivity contribution in [3.63, 3.8) is 0 Å². The molecular formula is C20H23FN2O. The van der Waals surface area contributed by atoms with Gasteiger partial charge in [-0.2, -0.15) is 0 Å². The molecule has 1 aliphatic rings. The van der Waals surface area contributed by atoms with Crippen molar-refractivity contribution in [1.82, 2.24) is 9.80 Å². The van der Waals surface area contributed by atoms with Crippen LogP contribution in [0.1, 0.15) is 28.4 Å². The Kier molecular flexibility index (Phi) is 4.95. The highest BCUT2D eigenvalue weighted by atomic mass is 19.1. The summed E-state index contributed by atoms with van der Waals surface area (Å²) in [7, 11) is 0. The van der Waals surface area contributed by atoms with E-state index in [9.17, 15) is 9.18 Å². The highest BCUT2D eigenvalue weighted by molar-refractivity contribution is 5.94. The summed E-state index contributed by atoms with van der Waals surface area (Å²) < 4.78 is 13.7. The van der Waals surface area contributed by atoms with Crippen molar-refractivity contribution in [2.24, 2.45) is 0 Å². The van der Waals surface area contributed by atoms with Gasteiger partial charge in [-0.25, -0.2) is 4.39 Å². The first-order chi connectivity index (χ1) is 11.5. The quantitative estimate of drug-likeness (QED) is 0.862. The maximum atomic E-state index is 13.7. The highest BCUT2D eigenvalue weighted by Crippen LogP contribution is 2.17. The van der Waals surface area contributed by atoms with Crippen LogP contribution in [0.4, 0.5) is 4.39 Å². The molecule has 1 unspecified atom stereocenters. The van der Waals surface area contributed by atoms with Gasteiger partial charge in [-0.3, -0.25) is 9.69 Å². The van der Waals surface area contributed by atoms with Crippen molar-refractivity contribution in [3.05, 3.63) is 71.0 Å². The number of carbonyl (C=O) groups is 1. The molecule has 126 valence electrons. The van der Waals surface area contributed by atoms with Gasteiger partial charge >= 0.3 is 0 Å². The van der Waals surface area contributed by atoms with Crippen molar-refractivity contribution in [2.45, 2.75) is 26.4 Å². The second kappa shape index (κ2) is 7.14. The monoisotopic (exact) mass is 326 g/mol. The molecule has 0 radical (unpaired) electrons. The number of hydrogen-bond donors (Lipinski definition) is 0. The Hall–Kier alpha value is -2.20. The maximum Gasteiger partial charge on any atom is 0.254 e. The minimum Gasteiger partial charge on any atom is -0.333 e. The van der Waals surface area contributed by atoms with E-state index in [-0.39, 0.29) is 17.8 Å². The zero-order valence-electron chi connectivity index (χ0n) is 14.2. The first-order valence-electron chi connectivity index (χ1n) is 8.38. The number of halogens is 1. The fraction of sp³-hybridized carbons (Fsp3) is 0.350. The molecule has 24 heavy (non-hydrogen) atoms. The number of rotatable bonds is 3. The molecule has 0 aromatic heterocycles. The molecule has 2 aromatic carbocycles. The average Bonchev–Trinajstić information content (AvgIpc) is 2.58. The van der Waals surface area contributed by atoms with Crippen LogP contribution in [0.25, 0.3) is 0 Å². The van der Waals surface area contributed by atoms with Crippen molar-refractivity contribution >= 4 is 5.91 Å². The van der Waals surface area contributed by atoms with Gasteiger partial charge in [-0.05, 0) is 37.1 Å². The molecule has 1 saturated heterocycles. The summed E-state index contributed by atoms with van der Waals surface area (Å²) in [6.45, 7) is 6.98. The van der Waals surface area contributed by atoms with Crippen LogP contribution in [0.3, 0.4) is 0 Å². The Morgan fingerprint density at radius 3 is 2.58 bits per heavy atom. The van der Waals surface area contributed by atoms with E-state index in [1.165, 1.54) is 11.6 Å². The van der Waals surface area contributed by atoms with Crippen LogP contribution >= 0.6 is 0 Å². The van der Waals surface area contributed by atoms with Gasteiger partial charge in [0.05, 0.1) is 0 Å². The minimum atomic E-state index is -0.323. The van der Waals surface area contributed by atoms with Crippen LogP contribution in [0, 0.1) is 12.7 Å². The van der Waals surface area contributed by atoms with Gasteiger partial charge in [0.15, 0.2) is 0 Å². The van der Waals surface area contributed by atoms with Crippen LogP contribution in [0.2, 0.25) is 0 Å². The van der Waals surface area contributed by atoms with Crippen molar-refractivity contribution < 1.29 is 9.18 Å². The summed E-state index contributed by atoms with van der Waals surface area (Å²) in [5, 5.41) is 0. The lowest BCUT2D eigenvalue weighted by atomic mass is 10.1. The first kappa shape index (κ1) is 16.7. The third kappa shape index (κ3) is 3.65. The number of benzene rings is 2. The molecule has 0 bridgehead atoms. The van der Waals surface area contributed by atoms with Crippen molar-refractivity contribution in [3.8, 4) is 0 Å². The first-order valence-corrected chi connectivity index (χ1v) is 8.38. The molecule has 1 fully saturated rings. The SMILES string of the molecule is Cc1ccc(C(=O)N2CCN(Cc3ccccc3)CC2C)cc1F. The van der Waals surface area contributed by atoms with Crippen LogP contribution < -0.4 is 0 Å². The molecule has 3 rings (SSSR count). The van der Waals surface area contributed by atoms with Gasteiger partial charge in [-0.1, -0.05) is 36.4 Å². The predicted octanol–water partition coefficient (Wildman–Crippen LogP) is 3.48. The fourth-order valence-corrected chi connectivity index (χ4v) is 3.21. The van der Waals surface area contributed by atoms with Gasteiger partial charge in [0, 0.05) is 37.8 Å². The molecular weight excluding hydrogens is 303 g/mol. The number of hydrogen-bond acceptors (Lipinski definition) is 2. The topological polar surface area (TPSA) is 23.6 Å². The lowest BCUT2D eigenvalue weighted by Crippen LogP contribution is -2.53. The molecule has 1 atom stereocenters. The molecule has 0 saturated carbocycles. The van der Waals surface area contributed by atoms with Crippen LogP contribution in [-0.2, 0) is 6.54 Å². The van der Waals surface area contributed by atoms with E-state index in [1.807, 2.05) is 23.1 Å². The molecule has 0 N–H and O–H groups in total. The summed E-state index contributed by atoms with van der Waals surface area (Å²) in [6.07, 6.45) is 0. The summed E-state index contributed by atoms with van der Waals surface area (Å²) in [5.41, 5.74) is 2.28. The van der Waals surface area contributed by atoms with Gasteiger partial charge < -0.3 is 4.90 Å². The van der Waals surface area contributed by atoms with E-state index in [4.69, 9.17) is 0 Å². The summed E-state index contributed by atoms with van der Waals surface area (Å²) in [6, 6.07) is 15.2. The van der Waals surface area contributed by atoms with E-state index in [2.05, 4.69) is 24.0 Å². The molecule has 1 heterocycles. The predicted molar refractivity (Wildman–Crippen MR) is 93.4 cm³/mol. The Morgan fingerprint density at radius 2 is 1.92 bits per heavy atom. The number of amides is 1. The van der Waals surface area contributed by atoms with Crippen LogP contribution in [0.15, 0.2) is 48.5 Å². The number of nitrogens with zero attached hydrogens (tertiary/aromatic N) is 2. The molecule has 3 nitrogen and oxygen atoms in total. The summed E-state index contributed by atoms with van der Waals surface area (Å²) in [5.74, 6) is -0.406. The number of aryl methyl sites for hydroxylation is 1. The number of carbonyl (C=O) groups excluding carboxylic acids is 1. The summed E-state index contributed by atoms with van der Waals surface area (Å²) >= 11 is 0. The third-order valence-electron chi connectivity index (χ3n) is 4.64. The largest absolute Gasteiger partial charge is 0.333 e. The summed E-state index contributed by atoms with van der Waals surface area (Å²) in [4.78, 5) is 16.9. The molecule has 1 amide bonds. The van der Waals surface area contributed by atoms with E-state index in [0.717, 1.165) is 19.6 Å². The minimum absolute atomic E-state index is 0.0826. The van der Waals surface area contributed by atoms with Crippen molar-refractivity contribution in [1.29, 1.82) is 0 Å². The van der Waals surface area contributed by atoms with Gasteiger partial charge in [0.1, 0.15) is 5.82 Å². The average molecular weight is 326 g/mol. The van der Waals surface area contributed by atoms with E-state index in [1.54, 1.807) is 19.1 Å². The lowest BCUT2D eigenvalue weighted by Gasteiger charge is -2.40. The highest BCUT2D eigenvalue weighted by Gasteiger charge is 2.28. The Morgan fingerprint density at radius 1 is 1.17 bits per heavy atom. The second-order valence-corrected chi connectivity index (χ2v) is 6.53. The smallest absolute Gasteiger partial charge is 0.254 e. The van der Waals surface area contributed by atoms with E-state index in [0.29, 0.717) is 17.7 Å². The molecule has 4 heteroatoms. The number of piperazine rings is 1. The van der Waals surface area contributed by atoms with Gasteiger partial charge in [0.25, 0.3) is 5.91 Å². The van der Waals surface area contributed by atoms with E-state index < -0.39 is 0 Å². The Labute approximate surface area is 142 Å². The van der Waals surface area contributed by atoms with Gasteiger partial charge in [0.2, 0.25) is 0 Å². The fourth-order valence-electron chi connectivity index (χ4n) is 3.21.